The van der Waals surface area contributed by atoms with Crippen LogP contribution in [0.4, 0.5) is 0 Å². The van der Waals surface area contributed by atoms with Gasteiger partial charge in [-0.05, 0) is 35.7 Å². The van der Waals surface area contributed by atoms with Crippen molar-refractivity contribution >= 4 is 37.3 Å². The van der Waals surface area contributed by atoms with Crippen molar-refractivity contribution in [3.05, 3.63) is 48.2 Å². The van der Waals surface area contributed by atoms with Gasteiger partial charge < -0.3 is 4.42 Å². The maximum Gasteiger partial charge on any atom is 0.295 e. The van der Waals surface area contributed by atoms with E-state index in [0.717, 1.165) is 6.07 Å². The molecule has 10 heteroatoms. The van der Waals surface area contributed by atoms with E-state index in [2.05, 4.69) is 0 Å². The molecule has 0 atom stereocenters. The average molecular weight is 382 g/mol. The molecule has 0 saturated heterocycles. The van der Waals surface area contributed by atoms with E-state index < -0.39 is 30.0 Å². The molecule has 1 heterocycles. The molecule has 0 aliphatic heterocycles. The highest BCUT2D eigenvalue weighted by molar-refractivity contribution is 7.86. The Labute approximate surface area is 142 Å². The minimum Gasteiger partial charge on any atom is -0.453 e. The Bertz CT molecular complexity index is 1200. The van der Waals surface area contributed by atoms with Crippen LogP contribution in [0.15, 0.2) is 56.7 Å². The van der Waals surface area contributed by atoms with Crippen molar-refractivity contribution in [2.75, 3.05) is 0 Å². The van der Waals surface area contributed by atoms with Crippen LogP contribution in [0.3, 0.4) is 0 Å². The molecule has 2 N–H and O–H groups in total. The fourth-order valence-electron chi connectivity index (χ4n) is 2.38. The third-order valence-corrected chi connectivity index (χ3v) is 5.22. The fourth-order valence-corrected chi connectivity index (χ4v) is 3.73. The monoisotopic (exact) mass is 382 g/mol. The number of benzene rings is 2. The van der Waals surface area contributed by atoms with Gasteiger partial charge in [0.25, 0.3) is 20.2 Å². The van der Waals surface area contributed by atoms with Gasteiger partial charge in [-0.2, -0.15) is 16.8 Å². The first kappa shape index (κ1) is 17.3. The number of hydrogen-bond acceptors (Lipinski definition) is 6. The number of rotatable bonds is 4. The number of furan rings is 1. The summed E-state index contributed by atoms with van der Waals surface area (Å²) in [6.45, 7) is 0. The molecule has 0 saturated carbocycles. The molecule has 0 fully saturated rings. The second kappa shape index (κ2) is 5.77. The van der Waals surface area contributed by atoms with E-state index in [1.54, 1.807) is 0 Å². The summed E-state index contributed by atoms with van der Waals surface area (Å²) < 4.78 is 69.7. The highest BCUT2D eigenvalue weighted by Gasteiger charge is 2.21. The lowest BCUT2D eigenvalue weighted by Crippen LogP contribution is -2.04. The SMILES string of the molecule is O=Cc1ccc(-c2ccc3cc(S(=O)(=O)O)cc(S(=O)(=O)O)c3c2)o1. The number of aldehydes is 1. The molecule has 3 aromatic rings. The van der Waals surface area contributed by atoms with Crippen LogP contribution in [-0.4, -0.2) is 32.2 Å². The zero-order chi connectivity index (χ0) is 18.4. The van der Waals surface area contributed by atoms with Crippen molar-refractivity contribution in [1.82, 2.24) is 0 Å². The van der Waals surface area contributed by atoms with Crippen molar-refractivity contribution in [3.63, 3.8) is 0 Å². The second-order valence-corrected chi connectivity index (χ2v) is 7.94. The molecule has 8 nitrogen and oxygen atoms in total. The lowest BCUT2D eigenvalue weighted by Gasteiger charge is -2.08. The molecule has 1 aromatic heterocycles. The Morgan fingerprint density at radius 3 is 2.16 bits per heavy atom. The van der Waals surface area contributed by atoms with Crippen LogP contribution < -0.4 is 0 Å². The van der Waals surface area contributed by atoms with Gasteiger partial charge in [-0.15, -0.1) is 0 Å². The molecule has 0 amide bonds. The van der Waals surface area contributed by atoms with Crippen LogP contribution in [0.25, 0.3) is 22.1 Å². The predicted octanol–water partition coefficient (Wildman–Crippen LogP) is 2.41. The van der Waals surface area contributed by atoms with Crippen LogP contribution in [0.1, 0.15) is 10.6 Å². The maximum absolute atomic E-state index is 11.6. The van der Waals surface area contributed by atoms with Crippen molar-refractivity contribution in [1.29, 1.82) is 0 Å². The Balaban J connectivity index is 2.34. The molecule has 130 valence electrons. The number of carbonyl (C=O) groups is 1. The molecule has 0 unspecified atom stereocenters. The van der Waals surface area contributed by atoms with E-state index in [4.69, 9.17) is 8.97 Å². The Morgan fingerprint density at radius 1 is 0.880 bits per heavy atom. The summed E-state index contributed by atoms with van der Waals surface area (Å²) >= 11 is 0. The summed E-state index contributed by atoms with van der Waals surface area (Å²) in [5, 5.41) is 0.185. The zero-order valence-electron chi connectivity index (χ0n) is 12.3. The fraction of sp³-hybridized carbons (Fsp3) is 0. The van der Waals surface area contributed by atoms with Crippen molar-refractivity contribution in [3.8, 4) is 11.3 Å². The van der Waals surface area contributed by atoms with Gasteiger partial charge in [0.2, 0.25) is 0 Å². The lowest BCUT2D eigenvalue weighted by molar-refractivity contribution is 0.110. The van der Waals surface area contributed by atoms with Gasteiger partial charge in [0.15, 0.2) is 12.0 Å². The van der Waals surface area contributed by atoms with Crippen LogP contribution in [0.5, 0.6) is 0 Å². The Kier molecular flexibility index (Phi) is 4.00. The second-order valence-electron chi connectivity index (χ2n) is 5.13. The van der Waals surface area contributed by atoms with Crippen molar-refractivity contribution in [2.45, 2.75) is 9.79 Å². The molecule has 2 aromatic carbocycles. The van der Waals surface area contributed by atoms with Crippen molar-refractivity contribution in [2.24, 2.45) is 0 Å². The number of hydrogen-bond donors (Lipinski definition) is 2. The molecule has 0 bridgehead atoms. The van der Waals surface area contributed by atoms with Crippen LogP contribution in [0.2, 0.25) is 0 Å². The summed E-state index contributed by atoms with van der Waals surface area (Å²) in [7, 11) is -9.45. The third kappa shape index (κ3) is 3.33. The Hall–Kier alpha value is -2.53. The molecule has 3 rings (SSSR count). The molecular formula is C15H10O8S2. The van der Waals surface area contributed by atoms with E-state index in [0.29, 0.717) is 17.9 Å². The van der Waals surface area contributed by atoms with Gasteiger partial charge in [-0.3, -0.25) is 13.9 Å². The number of carbonyl (C=O) groups excluding carboxylic acids is 1. The van der Waals surface area contributed by atoms with Crippen LogP contribution in [-0.2, 0) is 20.2 Å². The van der Waals surface area contributed by atoms with Gasteiger partial charge in [0, 0.05) is 10.9 Å². The van der Waals surface area contributed by atoms with Crippen LogP contribution >= 0.6 is 0 Å². The first-order valence-corrected chi connectivity index (χ1v) is 9.56. The zero-order valence-corrected chi connectivity index (χ0v) is 13.9. The average Bonchev–Trinajstić information content (AvgIpc) is 3.00. The smallest absolute Gasteiger partial charge is 0.295 e. The Morgan fingerprint density at radius 2 is 1.60 bits per heavy atom. The van der Waals surface area contributed by atoms with Gasteiger partial charge in [0.1, 0.15) is 10.7 Å². The van der Waals surface area contributed by atoms with Gasteiger partial charge in [0.05, 0.1) is 4.90 Å². The summed E-state index contributed by atoms with van der Waals surface area (Å²) in [6.07, 6.45) is 0.506. The summed E-state index contributed by atoms with van der Waals surface area (Å²) in [5.74, 6) is 0.357. The topological polar surface area (TPSA) is 139 Å². The summed E-state index contributed by atoms with van der Waals surface area (Å²) in [4.78, 5) is 9.35. The maximum atomic E-state index is 11.6. The predicted molar refractivity (Wildman–Crippen MR) is 86.7 cm³/mol. The van der Waals surface area contributed by atoms with Gasteiger partial charge in [-0.1, -0.05) is 12.1 Å². The van der Waals surface area contributed by atoms with E-state index in [1.807, 2.05) is 0 Å². The quantitative estimate of drug-likeness (QED) is 0.518. The largest absolute Gasteiger partial charge is 0.453 e. The van der Waals surface area contributed by atoms with E-state index in [1.165, 1.54) is 30.3 Å². The molecule has 25 heavy (non-hydrogen) atoms. The first-order chi connectivity index (χ1) is 11.6. The van der Waals surface area contributed by atoms with Crippen molar-refractivity contribution < 1.29 is 35.2 Å². The van der Waals surface area contributed by atoms with Gasteiger partial charge in [-0.25, -0.2) is 0 Å². The molecule has 0 aliphatic rings. The summed E-state index contributed by atoms with van der Waals surface area (Å²) in [5.41, 5.74) is 0.408. The lowest BCUT2D eigenvalue weighted by atomic mass is 10.1. The summed E-state index contributed by atoms with van der Waals surface area (Å²) in [6, 6.07) is 8.94. The van der Waals surface area contributed by atoms with E-state index >= 15 is 0 Å². The minimum absolute atomic E-state index is 0.0245. The molecule has 0 radical (unpaired) electrons. The standard InChI is InChI=1S/C15H10O8S2/c16-8-11-3-4-14(23-11)10-2-1-9-5-12(24(17,18)19)7-15(13(9)6-10)25(20,21)22/h1-8H,(H,17,18,19)(H,20,21,22). The first-order valence-electron chi connectivity index (χ1n) is 6.68. The third-order valence-electron chi connectivity index (χ3n) is 3.49. The van der Waals surface area contributed by atoms with E-state index in [9.17, 15) is 26.2 Å². The number of fused-ring (bicyclic) bond motifs is 1. The molecule has 0 spiro atoms. The highest BCUT2D eigenvalue weighted by Crippen LogP contribution is 2.32. The normalized spacial score (nSPS) is 12.4. The molecular weight excluding hydrogens is 372 g/mol. The van der Waals surface area contributed by atoms with Gasteiger partial charge >= 0.3 is 0 Å². The molecule has 0 aliphatic carbocycles. The minimum atomic E-state index is -4.77. The van der Waals surface area contributed by atoms with E-state index in [-0.39, 0.29) is 22.3 Å². The van der Waals surface area contributed by atoms with Crippen LogP contribution in [0, 0.1) is 0 Å². The highest BCUT2D eigenvalue weighted by atomic mass is 32.2.